The number of nitrogens with zero attached hydrogens (tertiary/aromatic N) is 1. The zero-order chi connectivity index (χ0) is 15.2. The Bertz CT molecular complexity index is 583. The van der Waals surface area contributed by atoms with Crippen molar-refractivity contribution in [2.45, 2.75) is 13.0 Å². The maximum Gasteiger partial charge on any atom is 0.339 e. The molecule has 0 amide bonds. The van der Waals surface area contributed by atoms with Crippen molar-refractivity contribution in [2.24, 2.45) is 0 Å². The smallest absolute Gasteiger partial charge is 0.339 e. The van der Waals surface area contributed by atoms with Crippen molar-refractivity contribution in [1.29, 1.82) is 0 Å². The molecule has 0 aliphatic heterocycles. The van der Waals surface area contributed by atoms with Crippen molar-refractivity contribution in [3.05, 3.63) is 52.2 Å². The molecule has 0 fully saturated rings. The number of aromatic carboxylic acids is 1. The fraction of sp³-hybridized carbons (Fsp3) is 0.312. The van der Waals surface area contributed by atoms with Gasteiger partial charge >= 0.3 is 5.97 Å². The molecular weight excluding hydrogens is 286 g/mol. The fourth-order valence-electron chi connectivity index (χ4n) is 2.01. The Hall–Kier alpha value is -1.85. The van der Waals surface area contributed by atoms with E-state index >= 15 is 0 Å². The van der Waals surface area contributed by atoms with Gasteiger partial charge in [0.05, 0.1) is 0 Å². The molecule has 0 saturated carbocycles. The van der Waals surface area contributed by atoms with E-state index in [4.69, 9.17) is 9.84 Å². The van der Waals surface area contributed by atoms with E-state index < -0.39 is 5.97 Å². The van der Waals surface area contributed by atoms with E-state index in [1.165, 1.54) is 4.88 Å². The third kappa shape index (κ3) is 4.06. The van der Waals surface area contributed by atoms with Crippen LogP contribution in [0.4, 0.5) is 0 Å². The van der Waals surface area contributed by atoms with Gasteiger partial charge in [0.2, 0.25) is 0 Å². The zero-order valence-electron chi connectivity index (χ0n) is 12.2. The van der Waals surface area contributed by atoms with Crippen molar-refractivity contribution in [3.8, 4) is 5.75 Å². The largest absolute Gasteiger partial charge is 0.491 e. The molecule has 5 heteroatoms. The van der Waals surface area contributed by atoms with E-state index in [2.05, 4.69) is 23.3 Å². The second kappa shape index (κ2) is 7.24. The van der Waals surface area contributed by atoms with Crippen LogP contribution in [0.5, 0.6) is 5.75 Å². The minimum absolute atomic E-state index is 0.200. The van der Waals surface area contributed by atoms with Gasteiger partial charge in [0.25, 0.3) is 0 Å². The van der Waals surface area contributed by atoms with Gasteiger partial charge in [-0.15, -0.1) is 11.3 Å². The molecule has 0 radical (unpaired) electrons. The number of thiophene rings is 1. The van der Waals surface area contributed by atoms with Gasteiger partial charge in [-0.05, 0) is 37.6 Å². The molecule has 0 spiro atoms. The highest BCUT2D eigenvalue weighted by Gasteiger charge is 2.13. The Morgan fingerprint density at radius 1 is 1.33 bits per heavy atom. The van der Waals surface area contributed by atoms with E-state index in [0.717, 1.165) is 6.54 Å². The first kappa shape index (κ1) is 15.5. The highest BCUT2D eigenvalue weighted by Crippen LogP contribution is 2.23. The highest BCUT2D eigenvalue weighted by atomic mass is 32.1. The Morgan fingerprint density at radius 3 is 2.76 bits per heavy atom. The van der Waals surface area contributed by atoms with Crippen molar-refractivity contribution >= 4 is 17.3 Å². The predicted octanol–water partition coefficient (Wildman–Crippen LogP) is 3.52. The average molecular weight is 305 g/mol. The van der Waals surface area contributed by atoms with Crippen LogP contribution in [-0.4, -0.2) is 36.2 Å². The number of rotatable bonds is 7. The Balaban J connectivity index is 1.88. The molecule has 2 aromatic rings. The second-order valence-corrected chi connectivity index (χ2v) is 5.80. The number of ether oxygens (including phenoxy) is 1. The summed E-state index contributed by atoms with van der Waals surface area (Å²) in [5, 5.41) is 11.2. The number of carboxylic acids is 1. The Labute approximate surface area is 128 Å². The topological polar surface area (TPSA) is 49.8 Å². The molecule has 0 aliphatic rings. The molecule has 0 aliphatic carbocycles. The molecule has 2 rings (SSSR count). The quantitative estimate of drug-likeness (QED) is 0.850. The van der Waals surface area contributed by atoms with E-state index in [-0.39, 0.29) is 5.56 Å². The lowest BCUT2D eigenvalue weighted by Gasteiger charge is -2.23. The zero-order valence-corrected chi connectivity index (χ0v) is 13.0. The van der Waals surface area contributed by atoms with Gasteiger partial charge in [-0.2, -0.15) is 0 Å². The lowest BCUT2D eigenvalue weighted by Crippen LogP contribution is -2.27. The van der Waals surface area contributed by atoms with Gasteiger partial charge < -0.3 is 9.84 Å². The monoisotopic (exact) mass is 305 g/mol. The van der Waals surface area contributed by atoms with Crippen LogP contribution in [0.2, 0.25) is 0 Å². The molecule has 1 aromatic carbocycles. The fourth-order valence-corrected chi connectivity index (χ4v) is 2.86. The normalized spacial score (nSPS) is 12.3. The summed E-state index contributed by atoms with van der Waals surface area (Å²) in [4.78, 5) is 14.6. The SMILES string of the molecule is CC(c1cccs1)N(C)CCOc1ccccc1C(=O)O. The summed E-state index contributed by atoms with van der Waals surface area (Å²) in [5.41, 5.74) is 0.200. The minimum Gasteiger partial charge on any atom is -0.491 e. The maximum absolute atomic E-state index is 11.1. The van der Waals surface area contributed by atoms with Crippen molar-refractivity contribution in [3.63, 3.8) is 0 Å². The van der Waals surface area contributed by atoms with Gasteiger partial charge in [-0.25, -0.2) is 4.79 Å². The number of likely N-dealkylation sites (N-methyl/N-ethyl adjacent to an activating group) is 1. The van der Waals surface area contributed by atoms with Gasteiger partial charge in [-0.1, -0.05) is 18.2 Å². The number of benzene rings is 1. The van der Waals surface area contributed by atoms with Gasteiger partial charge in [0, 0.05) is 17.5 Å². The van der Waals surface area contributed by atoms with Crippen molar-refractivity contribution < 1.29 is 14.6 Å². The average Bonchev–Trinajstić information content (AvgIpc) is 3.00. The third-order valence-corrected chi connectivity index (χ3v) is 4.48. The lowest BCUT2D eigenvalue weighted by molar-refractivity contribution is 0.0691. The summed E-state index contributed by atoms with van der Waals surface area (Å²) in [6.45, 7) is 3.33. The molecule has 1 N–H and O–H groups in total. The molecule has 0 bridgehead atoms. The standard InChI is InChI=1S/C16H19NO3S/c1-12(15-8-5-11-21-15)17(2)9-10-20-14-7-4-3-6-13(14)16(18)19/h3-8,11-12H,9-10H2,1-2H3,(H,18,19). The highest BCUT2D eigenvalue weighted by molar-refractivity contribution is 7.10. The molecule has 21 heavy (non-hydrogen) atoms. The van der Waals surface area contributed by atoms with Gasteiger partial charge in [-0.3, -0.25) is 4.90 Å². The van der Waals surface area contributed by atoms with E-state index in [1.807, 2.05) is 13.1 Å². The minimum atomic E-state index is -0.967. The Kier molecular flexibility index (Phi) is 5.36. The molecule has 4 nitrogen and oxygen atoms in total. The third-order valence-electron chi connectivity index (χ3n) is 3.44. The summed E-state index contributed by atoms with van der Waals surface area (Å²) in [5.74, 6) is -0.548. The number of hydrogen-bond donors (Lipinski definition) is 1. The summed E-state index contributed by atoms with van der Waals surface area (Å²) in [7, 11) is 2.04. The first-order valence-corrected chi connectivity index (χ1v) is 7.66. The van der Waals surface area contributed by atoms with Crippen LogP contribution in [0.25, 0.3) is 0 Å². The van der Waals surface area contributed by atoms with Crippen LogP contribution in [0, 0.1) is 0 Å². The molecule has 0 saturated heterocycles. The molecule has 1 aromatic heterocycles. The summed E-state index contributed by atoms with van der Waals surface area (Å²) < 4.78 is 5.62. The van der Waals surface area contributed by atoms with Gasteiger partial charge in [0.15, 0.2) is 0 Å². The van der Waals surface area contributed by atoms with E-state index in [9.17, 15) is 4.79 Å². The summed E-state index contributed by atoms with van der Waals surface area (Å²) >= 11 is 1.74. The van der Waals surface area contributed by atoms with Crippen LogP contribution in [0.15, 0.2) is 41.8 Å². The molecule has 1 atom stereocenters. The van der Waals surface area contributed by atoms with Crippen molar-refractivity contribution in [1.82, 2.24) is 4.90 Å². The summed E-state index contributed by atoms with van der Waals surface area (Å²) in [6.07, 6.45) is 0. The maximum atomic E-state index is 11.1. The number of para-hydroxylation sites is 1. The molecule has 112 valence electrons. The van der Waals surface area contributed by atoms with Crippen LogP contribution in [0.3, 0.4) is 0 Å². The number of carboxylic acid groups (broad SMARTS) is 1. The van der Waals surface area contributed by atoms with Gasteiger partial charge in [0.1, 0.15) is 17.9 Å². The van der Waals surface area contributed by atoms with Crippen LogP contribution < -0.4 is 4.74 Å². The first-order chi connectivity index (χ1) is 10.1. The molecular formula is C16H19NO3S. The van der Waals surface area contributed by atoms with Crippen molar-refractivity contribution in [2.75, 3.05) is 20.2 Å². The lowest BCUT2D eigenvalue weighted by atomic mass is 10.2. The molecule has 1 heterocycles. The number of carbonyl (C=O) groups is 1. The first-order valence-electron chi connectivity index (χ1n) is 6.78. The molecule has 1 unspecified atom stereocenters. The van der Waals surface area contributed by atoms with E-state index in [1.54, 1.807) is 35.6 Å². The van der Waals surface area contributed by atoms with Crippen LogP contribution in [-0.2, 0) is 0 Å². The predicted molar refractivity (Wildman–Crippen MR) is 84.3 cm³/mol. The Morgan fingerprint density at radius 2 is 2.10 bits per heavy atom. The van der Waals surface area contributed by atoms with Crippen LogP contribution >= 0.6 is 11.3 Å². The summed E-state index contributed by atoms with van der Waals surface area (Å²) in [6, 6.07) is 11.2. The second-order valence-electron chi connectivity index (χ2n) is 4.82. The van der Waals surface area contributed by atoms with E-state index in [0.29, 0.717) is 18.4 Å². The van der Waals surface area contributed by atoms with Crippen LogP contribution in [0.1, 0.15) is 28.2 Å². The number of hydrogen-bond acceptors (Lipinski definition) is 4.